The monoisotopic (exact) mass is 557 g/mol. The molecule has 0 bridgehead atoms. The zero-order valence-corrected chi connectivity index (χ0v) is 23.4. The van der Waals surface area contributed by atoms with Gasteiger partial charge in [0.05, 0.1) is 26.9 Å². The summed E-state index contributed by atoms with van der Waals surface area (Å²) in [6.07, 6.45) is 0.549. The fraction of sp³-hybridized carbons (Fsp3) is 0.312. The number of ether oxygens (including phenoxy) is 3. The lowest BCUT2D eigenvalue weighted by atomic mass is 9.77. The number of benzene rings is 3. The topological polar surface area (TPSA) is 115 Å². The average molecular weight is 558 g/mol. The first-order chi connectivity index (χ1) is 19.9. The van der Waals surface area contributed by atoms with Crippen molar-refractivity contribution >= 4 is 5.82 Å². The largest absolute Gasteiger partial charge is 0.497 e. The van der Waals surface area contributed by atoms with Crippen LogP contribution in [0.1, 0.15) is 42.7 Å². The smallest absolute Gasteiger partial charge is 0.351 e. The Morgan fingerprint density at radius 3 is 1.98 bits per heavy atom. The predicted molar refractivity (Wildman–Crippen MR) is 155 cm³/mol. The molecule has 5 rings (SSSR count). The minimum absolute atomic E-state index is 0.175. The van der Waals surface area contributed by atoms with Crippen LogP contribution >= 0.6 is 0 Å². The molecule has 1 saturated heterocycles. The molecule has 0 saturated carbocycles. The van der Waals surface area contributed by atoms with Crippen LogP contribution in [0.2, 0.25) is 0 Å². The van der Waals surface area contributed by atoms with E-state index in [1.165, 1.54) is 4.57 Å². The first-order valence-electron chi connectivity index (χ1n) is 13.6. The highest BCUT2D eigenvalue weighted by Gasteiger charge is 2.47. The van der Waals surface area contributed by atoms with Crippen molar-refractivity contribution < 1.29 is 24.4 Å². The van der Waals surface area contributed by atoms with Crippen LogP contribution in [0.3, 0.4) is 0 Å². The second-order valence-electron chi connectivity index (χ2n) is 10.1. The van der Waals surface area contributed by atoms with Crippen molar-refractivity contribution in [3.63, 3.8) is 0 Å². The highest BCUT2D eigenvalue weighted by atomic mass is 16.6. The van der Waals surface area contributed by atoms with Crippen molar-refractivity contribution in [3.8, 4) is 11.5 Å². The number of nitrogens with zero attached hydrogens (tertiary/aromatic N) is 2. The number of methoxy groups -OCH3 is 2. The van der Waals surface area contributed by atoms with Crippen LogP contribution in [0.4, 0.5) is 5.82 Å². The fourth-order valence-corrected chi connectivity index (χ4v) is 5.53. The van der Waals surface area contributed by atoms with Crippen LogP contribution in [0.5, 0.6) is 11.5 Å². The van der Waals surface area contributed by atoms with E-state index in [0.29, 0.717) is 12.2 Å². The summed E-state index contributed by atoms with van der Waals surface area (Å²) >= 11 is 0. The normalized spacial score (nSPS) is 20.5. The van der Waals surface area contributed by atoms with Crippen molar-refractivity contribution in [1.82, 2.24) is 9.55 Å². The van der Waals surface area contributed by atoms with Crippen LogP contribution < -0.4 is 20.5 Å². The van der Waals surface area contributed by atoms with Gasteiger partial charge >= 0.3 is 5.69 Å². The summed E-state index contributed by atoms with van der Waals surface area (Å²) in [5.41, 5.74) is 0.145. The van der Waals surface area contributed by atoms with E-state index >= 15 is 0 Å². The number of nitrogens with one attached hydrogen (secondary N) is 1. The van der Waals surface area contributed by atoms with E-state index in [9.17, 15) is 15.0 Å². The Balaban J connectivity index is 1.61. The number of aliphatic hydroxyl groups excluding tert-OH is 2. The first-order valence-corrected chi connectivity index (χ1v) is 13.6. The molecule has 3 aromatic carbocycles. The van der Waals surface area contributed by atoms with Crippen LogP contribution in [0.25, 0.3) is 0 Å². The molecule has 0 radical (unpaired) electrons. The Morgan fingerprint density at radius 1 is 0.951 bits per heavy atom. The third kappa shape index (κ3) is 5.19. The quantitative estimate of drug-likeness (QED) is 0.250. The van der Waals surface area contributed by atoms with Crippen LogP contribution in [0.15, 0.2) is 95.9 Å². The van der Waals surface area contributed by atoms with Gasteiger partial charge in [-0.1, -0.05) is 61.5 Å². The maximum Gasteiger partial charge on any atom is 0.351 e. The van der Waals surface area contributed by atoms with Crippen LogP contribution in [-0.4, -0.2) is 52.3 Å². The first kappa shape index (κ1) is 28.4. The summed E-state index contributed by atoms with van der Waals surface area (Å²) in [6.45, 7) is 1.49. The second-order valence-corrected chi connectivity index (χ2v) is 10.1. The molecule has 1 aliphatic rings. The predicted octanol–water partition coefficient (Wildman–Crippen LogP) is 4.09. The van der Waals surface area contributed by atoms with E-state index in [1.54, 1.807) is 26.5 Å². The molecular weight excluding hydrogens is 522 g/mol. The SMILES string of the molecule is CC[C@]1(CO)O[C@@H](n2ccc(NC(c3ccccc3)(c3ccc(OC)cc3)c3ccc(OC)cc3)nc2=O)C[C@@H]1O. The summed E-state index contributed by atoms with van der Waals surface area (Å²) < 4.78 is 18.2. The maximum atomic E-state index is 13.3. The van der Waals surface area contributed by atoms with E-state index in [1.807, 2.05) is 85.8 Å². The number of anilines is 1. The molecule has 0 spiro atoms. The molecule has 0 amide bonds. The van der Waals surface area contributed by atoms with Gasteiger partial charge in [-0.2, -0.15) is 4.98 Å². The zero-order chi connectivity index (χ0) is 29.0. The van der Waals surface area contributed by atoms with Gasteiger partial charge in [0, 0.05) is 12.6 Å². The van der Waals surface area contributed by atoms with E-state index in [4.69, 9.17) is 14.2 Å². The van der Waals surface area contributed by atoms with Crippen molar-refractivity contribution in [2.45, 2.75) is 43.2 Å². The van der Waals surface area contributed by atoms with Gasteiger partial charge in [0.2, 0.25) is 0 Å². The molecule has 0 aliphatic carbocycles. The van der Waals surface area contributed by atoms with Gasteiger partial charge < -0.3 is 29.7 Å². The zero-order valence-electron chi connectivity index (χ0n) is 23.4. The molecular formula is C32H35N3O6. The number of hydrogen-bond acceptors (Lipinski definition) is 8. The summed E-state index contributed by atoms with van der Waals surface area (Å²) in [5, 5.41) is 24.0. The molecule has 1 aromatic heterocycles. The highest BCUT2D eigenvalue weighted by molar-refractivity contribution is 5.59. The molecule has 1 aliphatic heterocycles. The lowest BCUT2D eigenvalue weighted by molar-refractivity contribution is -0.130. The minimum atomic E-state index is -1.10. The standard InChI is InChI=1S/C32H35N3O6/c1-4-31(21-36)27(37)20-29(41-31)35-19-18-28(33-30(35)38)34-32(22-8-6-5-7-9-22,23-10-14-25(39-2)15-11-23)24-12-16-26(40-3)17-13-24/h5-19,27,29,36-37H,4,20-21H2,1-3H3,(H,33,34,38)/t27-,29+,31+/m0/s1. The van der Waals surface area contributed by atoms with E-state index in [2.05, 4.69) is 10.3 Å². The van der Waals surface area contributed by atoms with Gasteiger partial charge in [-0.15, -0.1) is 0 Å². The Hall–Kier alpha value is -4.18. The van der Waals surface area contributed by atoms with Gasteiger partial charge in [-0.05, 0) is 53.4 Å². The second kappa shape index (κ2) is 11.7. The van der Waals surface area contributed by atoms with Gasteiger partial charge in [-0.3, -0.25) is 4.57 Å². The number of rotatable bonds is 10. The van der Waals surface area contributed by atoms with Gasteiger partial charge in [0.25, 0.3) is 0 Å². The van der Waals surface area contributed by atoms with E-state index in [-0.39, 0.29) is 13.0 Å². The summed E-state index contributed by atoms with van der Waals surface area (Å²) in [7, 11) is 3.25. The van der Waals surface area contributed by atoms with Gasteiger partial charge in [0.1, 0.15) is 34.7 Å². The molecule has 41 heavy (non-hydrogen) atoms. The Kier molecular flexibility index (Phi) is 8.12. The molecule has 4 aromatic rings. The third-order valence-electron chi connectivity index (χ3n) is 7.98. The highest BCUT2D eigenvalue weighted by Crippen LogP contribution is 2.41. The van der Waals surface area contributed by atoms with Crippen molar-refractivity contribution in [2.75, 3.05) is 26.1 Å². The van der Waals surface area contributed by atoms with E-state index < -0.39 is 29.2 Å². The lowest BCUT2D eigenvalue weighted by Crippen LogP contribution is -2.42. The molecule has 3 atom stereocenters. The molecule has 1 fully saturated rings. The molecule has 0 unspecified atom stereocenters. The number of aliphatic hydroxyl groups is 2. The summed E-state index contributed by atoms with van der Waals surface area (Å²) in [6, 6.07) is 27.2. The molecule has 2 heterocycles. The summed E-state index contributed by atoms with van der Waals surface area (Å²) in [5.74, 6) is 1.79. The fourth-order valence-electron chi connectivity index (χ4n) is 5.53. The van der Waals surface area contributed by atoms with Crippen molar-refractivity contribution in [3.05, 3.63) is 118 Å². The average Bonchev–Trinajstić information content (AvgIpc) is 3.36. The lowest BCUT2D eigenvalue weighted by Gasteiger charge is -2.37. The Morgan fingerprint density at radius 2 is 1.51 bits per heavy atom. The van der Waals surface area contributed by atoms with Crippen molar-refractivity contribution in [1.29, 1.82) is 0 Å². The molecule has 214 valence electrons. The molecule has 9 nitrogen and oxygen atoms in total. The maximum absolute atomic E-state index is 13.3. The minimum Gasteiger partial charge on any atom is -0.497 e. The van der Waals surface area contributed by atoms with E-state index in [0.717, 1.165) is 28.2 Å². The van der Waals surface area contributed by atoms with Gasteiger partial charge in [0.15, 0.2) is 0 Å². The number of hydrogen-bond donors (Lipinski definition) is 3. The van der Waals surface area contributed by atoms with Crippen molar-refractivity contribution in [2.24, 2.45) is 0 Å². The third-order valence-corrected chi connectivity index (χ3v) is 7.98. The summed E-state index contributed by atoms with van der Waals surface area (Å²) in [4.78, 5) is 17.7. The van der Waals surface area contributed by atoms with Crippen LogP contribution in [-0.2, 0) is 10.3 Å². The van der Waals surface area contributed by atoms with Gasteiger partial charge in [-0.25, -0.2) is 4.79 Å². The number of aromatic nitrogens is 2. The molecule has 3 N–H and O–H groups in total. The molecule has 9 heteroatoms. The Bertz CT molecular complexity index is 1450. The van der Waals surface area contributed by atoms with Crippen LogP contribution in [0, 0.1) is 0 Å². The Labute approximate surface area is 239 Å².